The Hall–Kier alpha value is -2.05. The number of nitrogens with zero attached hydrogens (tertiary/aromatic N) is 1. The summed E-state index contributed by atoms with van der Waals surface area (Å²) in [5, 5.41) is 3.25. The third-order valence-corrected chi connectivity index (χ3v) is 5.47. The summed E-state index contributed by atoms with van der Waals surface area (Å²) in [6, 6.07) is 16.4. The van der Waals surface area contributed by atoms with E-state index in [1.54, 1.807) is 18.2 Å². The Balaban J connectivity index is 2.06. The number of sulfonamides is 1. The third-order valence-electron chi connectivity index (χ3n) is 4.09. The van der Waals surface area contributed by atoms with E-state index in [4.69, 9.17) is 11.6 Å². The maximum absolute atomic E-state index is 12.4. The summed E-state index contributed by atoms with van der Waals surface area (Å²) in [5.41, 5.74) is 1.51. The van der Waals surface area contributed by atoms with Gasteiger partial charge < -0.3 is 5.32 Å². The summed E-state index contributed by atoms with van der Waals surface area (Å²) < 4.78 is 25.2. The van der Waals surface area contributed by atoms with Crippen LogP contribution in [0.3, 0.4) is 0 Å². The molecule has 0 aliphatic carbocycles. The van der Waals surface area contributed by atoms with Gasteiger partial charge >= 0.3 is 0 Å². The number of halogens is 1. The minimum Gasteiger partial charge on any atom is -0.354 e. The molecule has 0 aromatic heterocycles. The van der Waals surface area contributed by atoms with Crippen molar-refractivity contribution in [2.45, 2.75) is 19.3 Å². The van der Waals surface area contributed by atoms with Crippen LogP contribution < -0.4 is 9.62 Å². The minimum absolute atomic E-state index is 0.179. The van der Waals surface area contributed by atoms with Gasteiger partial charge in [0, 0.05) is 17.5 Å². The highest BCUT2D eigenvalue weighted by Gasteiger charge is 2.21. The number of rotatable bonds is 8. The van der Waals surface area contributed by atoms with Crippen molar-refractivity contribution in [2.24, 2.45) is 0 Å². The maximum Gasteiger partial charge on any atom is 0.240 e. The Labute approximate surface area is 160 Å². The van der Waals surface area contributed by atoms with Crippen molar-refractivity contribution in [1.82, 2.24) is 5.32 Å². The number of anilines is 1. The van der Waals surface area contributed by atoms with Crippen molar-refractivity contribution < 1.29 is 13.2 Å². The quantitative estimate of drug-likeness (QED) is 0.746. The van der Waals surface area contributed by atoms with Crippen LogP contribution in [0, 0.1) is 0 Å². The largest absolute Gasteiger partial charge is 0.354 e. The van der Waals surface area contributed by atoms with Gasteiger partial charge in [0.25, 0.3) is 0 Å². The predicted octanol–water partition coefficient (Wildman–Crippen LogP) is 3.42. The number of nitrogens with one attached hydrogen (secondary N) is 1. The van der Waals surface area contributed by atoms with Crippen LogP contribution in [0.15, 0.2) is 54.6 Å². The summed E-state index contributed by atoms with van der Waals surface area (Å²) in [4.78, 5) is 12.4. The molecule has 0 heterocycles. The number of carbonyl (C=O) groups is 1. The fourth-order valence-corrected chi connectivity index (χ4v) is 3.71. The standard InChI is InChI=1S/C19H23ClN2O3S/c1-3-15(16-8-5-4-6-9-16)13-21-19(23)14-22(26(2,24)25)18-11-7-10-17(20)12-18/h4-12,15H,3,13-14H2,1-2H3,(H,21,23). The average Bonchev–Trinajstić information content (AvgIpc) is 2.60. The first-order valence-electron chi connectivity index (χ1n) is 8.36. The lowest BCUT2D eigenvalue weighted by atomic mass is 9.96. The second kappa shape index (κ2) is 9.05. The third kappa shape index (κ3) is 5.75. The first-order chi connectivity index (χ1) is 12.3. The molecule has 140 valence electrons. The Morgan fingerprint density at radius 1 is 1.15 bits per heavy atom. The molecule has 1 N–H and O–H groups in total. The molecule has 1 atom stereocenters. The zero-order valence-corrected chi connectivity index (χ0v) is 16.4. The monoisotopic (exact) mass is 394 g/mol. The first kappa shape index (κ1) is 20.3. The second-order valence-corrected chi connectivity index (χ2v) is 8.41. The molecule has 1 unspecified atom stereocenters. The van der Waals surface area contributed by atoms with E-state index in [9.17, 15) is 13.2 Å². The molecule has 2 aromatic carbocycles. The van der Waals surface area contributed by atoms with Crippen LogP contribution in [-0.2, 0) is 14.8 Å². The molecule has 2 aromatic rings. The fourth-order valence-electron chi connectivity index (χ4n) is 2.68. The Morgan fingerprint density at radius 2 is 1.85 bits per heavy atom. The van der Waals surface area contributed by atoms with Crippen LogP contribution in [-0.4, -0.2) is 33.7 Å². The molecular weight excluding hydrogens is 372 g/mol. The van der Waals surface area contributed by atoms with Crippen molar-refractivity contribution in [1.29, 1.82) is 0 Å². The predicted molar refractivity (Wildman–Crippen MR) is 106 cm³/mol. The van der Waals surface area contributed by atoms with Gasteiger partial charge in [0.2, 0.25) is 15.9 Å². The summed E-state index contributed by atoms with van der Waals surface area (Å²) in [5.74, 6) is -0.178. The molecule has 7 heteroatoms. The summed E-state index contributed by atoms with van der Waals surface area (Å²) in [7, 11) is -3.61. The van der Waals surface area contributed by atoms with E-state index < -0.39 is 10.0 Å². The van der Waals surface area contributed by atoms with Crippen LogP contribution in [0.5, 0.6) is 0 Å². The zero-order chi connectivity index (χ0) is 19.2. The van der Waals surface area contributed by atoms with Crippen LogP contribution in [0.1, 0.15) is 24.8 Å². The van der Waals surface area contributed by atoms with Gasteiger partial charge in [0.05, 0.1) is 11.9 Å². The van der Waals surface area contributed by atoms with E-state index in [-0.39, 0.29) is 18.4 Å². The van der Waals surface area contributed by atoms with Crippen LogP contribution >= 0.6 is 11.6 Å². The number of hydrogen-bond donors (Lipinski definition) is 1. The lowest BCUT2D eigenvalue weighted by molar-refractivity contribution is -0.119. The summed E-state index contributed by atoms with van der Waals surface area (Å²) in [6.07, 6.45) is 1.94. The SMILES string of the molecule is CCC(CNC(=O)CN(c1cccc(Cl)c1)S(C)(=O)=O)c1ccccc1. The van der Waals surface area contributed by atoms with Gasteiger partial charge in [-0.25, -0.2) is 8.42 Å². The summed E-state index contributed by atoms with van der Waals surface area (Å²) in [6.45, 7) is 2.22. The smallest absolute Gasteiger partial charge is 0.240 e. The molecule has 1 amide bonds. The molecule has 0 aliphatic rings. The molecule has 0 bridgehead atoms. The van der Waals surface area contributed by atoms with Gasteiger partial charge in [-0.3, -0.25) is 9.10 Å². The molecule has 0 fully saturated rings. The molecule has 0 aliphatic heterocycles. The Bertz CT molecular complexity index is 841. The average molecular weight is 395 g/mol. The van der Waals surface area contributed by atoms with E-state index >= 15 is 0 Å². The van der Waals surface area contributed by atoms with Gasteiger partial charge in [-0.1, -0.05) is 54.9 Å². The number of amides is 1. The Kier molecular flexibility index (Phi) is 7.06. The van der Waals surface area contributed by atoms with Crippen molar-refractivity contribution in [3.05, 3.63) is 65.2 Å². The highest BCUT2D eigenvalue weighted by atomic mass is 35.5. The molecule has 26 heavy (non-hydrogen) atoms. The molecule has 5 nitrogen and oxygen atoms in total. The fraction of sp³-hybridized carbons (Fsp3) is 0.316. The van der Waals surface area contributed by atoms with Crippen molar-refractivity contribution in [2.75, 3.05) is 23.7 Å². The van der Waals surface area contributed by atoms with Crippen molar-refractivity contribution in [3.8, 4) is 0 Å². The van der Waals surface area contributed by atoms with E-state index in [1.165, 1.54) is 6.07 Å². The first-order valence-corrected chi connectivity index (χ1v) is 10.6. The highest BCUT2D eigenvalue weighted by Crippen LogP contribution is 2.22. The zero-order valence-electron chi connectivity index (χ0n) is 14.9. The molecule has 0 saturated carbocycles. The van der Waals surface area contributed by atoms with E-state index in [0.717, 1.165) is 22.5 Å². The number of hydrogen-bond acceptors (Lipinski definition) is 3. The minimum atomic E-state index is -3.61. The van der Waals surface area contributed by atoms with Crippen molar-refractivity contribution >= 4 is 33.2 Å². The van der Waals surface area contributed by atoms with Gasteiger partial charge in [-0.15, -0.1) is 0 Å². The van der Waals surface area contributed by atoms with Gasteiger partial charge in [0.1, 0.15) is 6.54 Å². The van der Waals surface area contributed by atoms with E-state index in [0.29, 0.717) is 17.3 Å². The lowest BCUT2D eigenvalue weighted by Crippen LogP contribution is -2.41. The van der Waals surface area contributed by atoms with Gasteiger partial charge in [-0.05, 0) is 30.2 Å². The highest BCUT2D eigenvalue weighted by molar-refractivity contribution is 7.92. The lowest BCUT2D eigenvalue weighted by Gasteiger charge is -2.23. The molecule has 0 radical (unpaired) electrons. The molecule has 0 saturated heterocycles. The second-order valence-electron chi connectivity index (χ2n) is 6.07. The van der Waals surface area contributed by atoms with Gasteiger partial charge in [0.15, 0.2) is 0 Å². The molecule has 2 rings (SSSR count). The number of benzene rings is 2. The number of carbonyl (C=O) groups excluding carboxylic acids is 1. The molecule has 0 spiro atoms. The maximum atomic E-state index is 12.4. The van der Waals surface area contributed by atoms with E-state index in [2.05, 4.69) is 12.2 Å². The Morgan fingerprint density at radius 3 is 2.42 bits per heavy atom. The topological polar surface area (TPSA) is 66.5 Å². The van der Waals surface area contributed by atoms with E-state index in [1.807, 2.05) is 30.3 Å². The van der Waals surface area contributed by atoms with Gasteiger partial charge in [-0.2, -0.15) is 0 Å². The van der Waals surface area contributed by atoms with Crippen molar-refractivity contribution in [3.63, 3.8) is 0 Å². The van der Waals surface area contributed by atoms with Crippen LogP contribution in [0.4, 0.5) is 5.69 Å². The summed E-state index contributed by atoms with van der Waals surface area (Å²) >= 11 is 5.94. The normalized spacial score (nSPS) is 12.4. The van der Waals surface area contributed by atoms with Crippen LogP contribution in [0.2, 0.25) is 5.02 Å². The molecular formula is C19H23ClN2O3S. The van der Waals surface area contributed by atoms with Crippen LogP contribution in [0.25, 0.3) is 0 Å².